The van der Waals surface area contributed by atoms with Gasteiger partial charge in [-0.15, -0.1) is 11.6 Å². The van der Waals surface area contributed by atoms with Crippen LogP contribution in [-0.2, 0) is 0 Å². The predicted octanol–water partition coefficient (Wildman–Crippen LogP) is 3.64. The number of halogens is 1. The first-order chi connectivity index (χ1) is 15.8. The Bertz CT molecular complexity index is 600. The standard InChI is InChI=1S/C29H54ClN3.CH4.4H2O/c1-21(2)28(32-18-23-7-5-6-22(16-23)17-31-26-12-13-26)19-33-15-14-27(29(3,4)20-33)24-8-10-25(30)11-9-24;;;;;/h21-28,31-32H,5-20H2,1-4H3;1H4;4*1H2/t22?,23?,24?,25?,27?,28-;;;;;/m0...../s1. The molecule has 38 heavy (non-hydrogen) atoms. The Balaban J connectivity index is 0. The summed E-state index contributed by atoms with van der Waals surface area (Å²) in [5.74, 6) is 4.28. The minimum Gasteiger partial charge on any atom is -0.412 e. The summed E-state index contributed by atoms with van der Waals surface area (Å²) >= 11 is 6.41. The van der Waals surface area contributed by atoms with Crippen LogP contribution in [0, 0.1) is 35.0 Å². The van der Waals surface area contributed by atoms with Gasteiger partial charge in [0, 0.05) is 30.6 Å². The number of nitrogens with one attached hydrogen (secondary N) is 2. The Labute approximate surface area is 239 Å². The third-order valence-electron chi connectivity index (χ3n) is 9.75. The molecule has 8 heteroatoms. The molecule has 0 aromatic rings. The van der Waals surface area contributed by atoms with Gasteiger partial charge in [-0.1, -0.05) is 41.5 Å². The van der Waals surface area contributed by atoms with Gasteiger partial charge in [0.2, 0.25) is 0 Å². The van der Waals surface area contributed by atoms with Gasteiger partial charge in [0.25, 0.3) is 0 Å². The van der Waals surface area contributed by atoms with Crippen molar-refractivity contribution < 1.29 is 21.9 Å². The second-order valence-electron chi connectivity index (χ2n) is 13.5. The van der Waals surface area contributed by atoms with E-state index in [4.69, 9.17) is 11.6 Å². The second-order valence-corrected chi connectivity index (χ2v) is 14.1. The highest BCUT2D eigenvalue weighted by molar-refractivity contribution is 6.20. The smallest absolute Gasteiger partial charge is 0.0336 e. The van der Waals surface area contributed by atoms with Gasteiger partial charge in [0.15, 0.2) is 0 Å². The molecule has 0 aromatic carbocycles. The molecule has 3 saturated carbocycles. The lowest BCUT2D eigenvalue weighted by Crippen LogP contribution is -2.53. The summed E-state index contributed by atoms with van der Waals surface area (Å²) in [4.78, 5) is 2.80. The Kier molecular flexibility index (Phi) is 19.5. The number of likely N-dealkylation sites (tertiary alicyclic amines) is 1. The fourth-order valence-corrected chi connectivity index (χ4v) is 7.75. The van der Waals surface area contributed by atoms with Crippen molar-refractivity contribution in [2.45, 2.75) is 123 Å². The molecule has 7 nitrogen and oxygen atoms in total. The number of hydrogen-bond acceptors (Lipinski definition) is 3. The van der Waals surface area contributed by atoms with E-state index in [0.717, 1.165) is 29.7 Å². The molecular formula is C30H66ClN3O4. The van der Waals surface area contributed by atoms with Crippen LogP contribution < -0.4 is 10.6 Å². The van der Waals surface area contributed by atoms with Gasteiger partial charge in [-0.3, -0.25) is 0 Å². The van der Waals surface area contributed by atoms with Gasteiger partial charge in [-0.2, -0.15) is 0 Å². The van der Waals surface area contributed by atoms with E-state index in [1.807, 2.05) is 0 Å². The average Bonchev–Trinajstić information content (AvgIpc) is 3.60. The number of alkyl halides is 1. The Morgan fingerprint density at radius 1 is 0.842 bits per heavy atom. The first kappa shape index (κ1) is 40.2. The van der Waals surface area contributed by atoms with Crippen molar-refractivity contribution in [2.24, 2.45) is 35.0 Å². The number of hydrogen-bond donors (Lipinski definition) is 2. The van der Waals surface area contributed by atoms with E-state index in [1.54, 1.807) is 0 Å². The van der Waals surface area contributed by atoms with Crippen LogP contribution in [-0.4, -0.2) is 77.0 Å². The molecule has 0 amide bonds. The van der Waals surface area contributed by atoms with E-state index in [2.05, 4.69) is 43.2 Å². The molecular weight excluding hydrogens is 502 g/mol. The zero-order valence-electron chi connectivity index (χ0n) is 24.3. The van der Waals surface area contributed by atoms with E-state index >= 15 is 0 Å². The minimum absolute atomic E-state index is 0. The van der Waals surface area contributed by atoms with Crippen LogP contribution in [0.15, 0.2) is 0 Å². The maximum Gasteiger partial charge on any atom is 0.0336 e. The first-order valence-electron chi connectivity index (χ1n) is 14.6. The van der Waals surface area contributed by atoms with Crippen LogP contribution in [0.1, 0.15) is 106 Å². The summed E-state index contributed by atoms with van der Waals surface area (Å²) in [6.07, 6.45) is 15.1. The SMILES string of the molecule is C.CC(C)[C@H](CN1CCC(C2CCC(Cl)CC2)C(C)(C)C1)NCC1CCCC(CNC2CC2)C1.O.O.O.O. The Morgan fingerprint density at radius 2 is 1.45 bits per heavy atom. The number of piperidine rings is 1. The van der Waals surface area contributed by atoms with Crippen molar-refractivity contribution >= 4 is 11.6 Å². The Morgan fingerprint density at radius 3 is 2.00 bits per heavy atom. The molecule has 1 heterocycles. The molecule has 3 unspecified atom stereocenters. The zero-order chi connectivity index (χ0) is 23.4. The predicted molar refractivity (Wildman–Crippen MR) is 164 cm³/mol. The van der Waals surface area contributed by atoms with Gasteiger partial charge in [0.05, 0.1) is 0 Å². The van der Waals surface area contributed by atoms with Gasteiger partial charge in [-0.05, 0) is 119 Å². The molecule has 0 aromatic heterocycles. The summed E-state index contributed by atoms with van der Waals surface area (Å²) in [7, 11) is 0. The van der Waals surface area contributed by atoms with Crippen LogP contribution in [0.25, 0.3) is 0 Å². The lowest BCUT2D eigenvalue weighted by Gasteiger charge is -2.49. The van der Waals surface area contributed by atoms with E-state index < -0.39 is 0 Å². The average molecular weight is 568 g/mol. The molecule has 1 saturated heterocycles. The van der Waals surface area contributed by atoms with Crippen molar-refractivity contribution in [1.29, 1.82) is 0 Å². The molecule has 4 rings (SSSR count). The molecule has 0 spiro atoms. The van der Waals surface area contributed by atoms with Crippen molar-refractivity contribution in [3.63, 3.8) is 0 Å². The van der Waals surface area contributed by atoms with E-state index in [0.29, 0.717) is 22.8 Å². The molecule has 232 valence electrons. The highest BCUT2D eigenvalue weighted by Crippen LogP contribution is 2.45. The summed E-state index contributed by atoms with van der Waals surface area (Å²) < 4.78 is 0. The highest BCUT2D eigenvalue weighted by Gasteiger charge is 2.41. The van der Waals surface area contributed by atoms with E-state index in [-0.39, 0.29) is 29.3 Å². The number of nitrogens with zero attached hydrogens (tertiary/aromatic N) is 1. The van der Waals surface area contributed by atoms with Gasteiger partial charge in [0.1, 0.15) is 0 Å². The van der Waals surface area contributed by atoms with Crippen molar-refractivity contribution in [2.75, 3.05) is 32.7 Å². The fourth-order valence-electron chi connectivity index (χ4n) is 7.50. The van der Waals surface area contributed by atoms with Crippen LogP contribution in [0.2, 0.25) is 0 Å². The van der Waals surface area contributed by atoms with E-state index in [9.17, 15) is 0 Å². The normalized spacial score (nSPS) is 31.9. The molecule has 4 atom stereocenters. The molecule has 10 N–H and O–H groups in total. The minimum atomic E-state index is 0. The van der Waals surface area contributed by atoms with Crippen LogP contribution in [0.3, 0.4) is 0 Å². The van der Waals surface area contributed by atoms with Crippen LogP contribution in [0.4, 0.5) is 0 Å². The van der Waals surface area contributed by atoms with Crippen molar-refractivity contribution in [1.82, 2.24) is 15.5 Å². The van der Waals surface area contributed by atoms with Crippen molar-refractivity contribution in [3.05, 3.63) is 0 Å². The van der Waals surface area contributed by atoms with E-state index in [1.165, 1.54) is 103 Å². The molecule has 4 aliphatic rings. The molecule has 4 fully saturated rings. The Hall–Kier alpha value is 0.01000. The first-order valence-corrected chi connectivity index (χ1v) is 15.1. The van der Waals surface area contributed by atoms with Gasteiger partial charge >= 0.3 is 0 Å². The maximum atomic E-state index is 6.41. The highest BCUT2D eigenvalue weighted by atomic mass is 35.5. The molecule has 0 radical (unpaired) electrons. The summed E-state index contributed by atoms with van der Waals surface area (Å²) in [5.41, 5.74) is 0.425. The zero-order valence-corrected chi connectivity index (χ0v) is 25.0. The van der Waals surface area contributed by atoms with Gasteiger partial charge < -0.3 is 37.4 Å². The topological polar surface area (TPSA) is 153 Å². The summed E-state index contributed by atoms with van der Waals surface area (Å²) in [6, 6.07) is 1.48. The molecule has 0 bridgehead atoms. The fraction of sp³-hybridized carbons (Fsp3) is 1.00. The van der Waals surface area contributed by atoms with Crippen LogP contribution >= 0.6 is 11.6 Å². The maximum absolute atomic E-state index is 6.41. The molecule has 3 aliphatic carbocycles. The van der Waals surface area contributed by atoms with Crippen molar-refractivity contribution in [3.8, 4) is 0 Å². The third kappa shape index (κ3) is 11.9. The van der Waals surface area contributed by atoms with Gasteiger partial charge in [-0.25, -0.2) is 0 Å². The monoisotopic (exact) mass is 567 g/mol. The summed E-state index contributed by atoms with van der Waals surface area (Å²) in [6.45, 7) is 16.2. The lowest BCUT2D eigenvalue weighted by molar-refractivity contribution is 0.00453. The third-order valence-corrected chi connectivity index (χ3v) is 10.2. The summed E-state index contributed by atoms with van der Waals surface area (Å²) in [5, 5.41) is 8.29. The van der Waals surface area contributed by atoms with Crippen LogP contribution in [0.5, 0.6) is 0 Å². The quantitative estimate of drug-likeness (QED) is 0.387. The lowest BCUT2D eigenvalue weighted by atomic mass is 9.64. The molecule has 1 aliphatic heterocycles. The second kappa shape index (κ2) is 18.4. The largest absolute Gasteiger partial charge is 0.412 e. The number of rotatable bonds is 10.